The van der Waals surface area contributed by atoms with Crippen molar-refractivity contribution in [2.45, 2.75) is 32.6 Å². The summed E-state index contributed by atoms with van der Waals surface area (Å²) in [6.07, 6.45) is 8.87. The average Bonchev–Trinajstić information content (AvgIpc) is 2.28. The van der Waals surface area contributed by atoms with Gasteiger partial charge in [0, 0.05) is 13.1 Å². The van der Waals surface area contributed by atoms with Crippen molar-refractivity contribution in [3.8, 4) is 0 Å². The lowest BCUT2D eigenvalue weighted by molar-refractivity contribution is 0.307. The van der Waals surface area contributed by atoms with Gasteiger partial charge < -0.3 is 5.73 Å². The van der Waals surface area contributed by atoms with Crippen molar-refractivity contribution in [2.24, 2.45) is 11.7 Å². The molecule has 0 aliphatic carbocycles. The Kier molecular flexibility index (Phi) is 10.5. The van der Waals surface area contributed by atoms with Crippen LogP contribution in [0.2, 0.25) is 0 Å². The Balaban J connectivity index is 3.72. The van der Waals surface area contributed by atoms with E-state index in [9.17, 15) is 0 Å². The molecule has 0 spiro atoms. The summed E-state index contributed by atoms with van der Waals surface area (Å²) >= 11 is 0. The largest absolute Gasteiger partial charge is 0.330 e. The highest BCUT2D eigenvalue weighted by atomic mass is 15.1. The van der Waals surface area contributed by atoms with Crippen molar-refractivity contribution >= 4 is 0 Å². The van der Waals surface area contributed by atoms with Crippen LogP contribution in [0.3, 0.4) is 0 Å². The standard InChI is InChI=1S/C14H28N2/c1-4-11-16(12-5-2)13-7-8-14(6-3)9-10-15/h4-5,14H,1-2,6-13,15H2,3H3. The van der Waals surface area contributed by atoms with Crippen LogP contribution >= 0.6 is 0 Å². The fourth-order valence-electron chi connectivity index (χ4n) is 2.01. The fourth-order valence-corrected chi connectivity index (χ4v) is 2.01. The highest BCUT2D eigenvalue weighted by molar-refractivity contribution is 4.79. The minimum Gasteiger partial charge on any atom is -0.330 e. The van der Waals surface area contributed by atoms with Crippen molar-refractivity contribution < 1.29 is 0 Å². The highest BCUT2D eigenvalue weighted by Gasteiger charge is 2.06. The normalized spacial score (nSPS) is 12.7. The molecule has 2 heteroatoms. The van der Waals surface area contributed by atoms with Crippen LogP contribution in [0.5, 0.6) is 0 Å². The summed E-state index contributed by atoms with van der Waals surface area (Å²) < 4.78 is 0. The topological polar surface area (TPSA) is 29.3 Å². The molecule has 0 radical (unpaired) electrons. The molecule has 94 valence electrons. The molecular weight excluding hydrogens is 196 g/mol. The van der Waals surface area contributed by atoms with Crippen LogP contribution in [0.1, 0.15) is 32.6 Å². The van der Waals surface area contributed by atoms with Crippen molar-refractivity contribution in [3.63, 3.8) is 0 Å². The maximum absolute atomic E-state index is 5.59. The quantitative estimate of drug-likeness (QED) is 0.547. The Morgan fingerprint density at radius 3 is 2.25 bits per heavy atom. The van der Waals surface area contributed by atoms with Gasteiger partial charge in [0.05, 0.1) is 0 Å². The van der Waals surface area contributed by atoms with E-state index >= 15 is 0 Å². The Morgan fingerprint density at radius 1 is 1.19 bits per heavy atom. The maximum Gasteiger partial charge on any atom is 0.0163 e. The molecule has 1 unspecified atom stereocenters. The van der Waals surface area contributed by atoms with Gasteiger partial charge in [-0.25, -0.2) is 0 Å². The zero-order chi connectivity index (χ0) is 12.2. The third-order valence-electron chi connectivity index (χ3n) is 3.01. The van der Waals surface area contributed by atoms with Crippen LogP contribution in [0.4, 0.5) is 0 Å². The minimum atomic E-state index is 0.805. The summed E-state index contributed by atoms with van der Waals surface area (Å²) in [5.74, 6) is 0.805. The SMILES string of the molecule is C=CCN(CC=C)CCCC(CC)CCN. The molecule has 0 aromatic rings. The molecule has 16 heavy (non-hydrogen) atoms. The predicted octanol–water partition coefficient (Wildman–Crippen LogP) is 2.82. The molecule has 0 fully saturated rings. The van der Waals surface area contributed by atoms with Gasteiger partial charge >= 0.3 is 0 Å². The van der Waals surface area contributed by atoms with Crippen LogP contribution in [0.25, 0.3) is 0 Å². The van der Waals surface area contributed by atoms with Crippen LogP contribution < -0.4 is 5.73 Å². The molecule has 0 aliphatic rings. The molecular formula is C14H28N2. The van der Waals surface area contributed by atoms with E-state index in [1.807, 2.05) is 12.2 Å². The Bertz CT molecular complexity index is 168. The summed E-state index contributed by atoms with van der Waals surface area (Å²) in [4.78, 5) is 2.37. The molecule has 1 atom stereocenters. The van der Waals surface area contributed by atoms with Crippen LogP contribution in [-0.2, 0) is 0 Å². The molecule has 0 saturated heterocycles. The summed E-state index contributed by atoms with van der Waals surface area (Å²) in [6.45, 7) is 13.7. The number of hydrogen-bond donors (Lipinski definition) is 1. The van der Waals surface area contributed by atoms with E-state index in [-0.39, 0.29) is 0 Å². The average molecular weight is 224 g/mol. The Labute approximate surface area is 101 Å². The Hall–Kier alpha value is -0.600. The first-order valence-corrected chi connectivity index (χ1v) is 6.42. The van der Waals surface area contributed by atoms with Crippen LogP contribution in [0.15, 0.2) is 25.3 Å². The van der Waals surface area contributed by atoms with Gasteiger partial charge in [-0.15, -0.1) is 13.2 Å². The second kappa shape index (κ2) is 10.9. The third kappa shape index (κ3) is 7.66. The molecule has 0 heterocycles. The van der Waals surface area contributed by atoms with Crippen molar-refractivity contribution in [1.82, 2.24) is 4.90 Å². The van der Waals surface area contributed by atoms with Crippen LogP contribution in [-0.4, -0.2) is 31.1 Å². The summed E-state index contributed by atoms with van der Waals surface area (Å²) in [5, 5.41) is 0. The number of nitrogens with two attached hydrogens (primary N) is 1. The maximum atomic E-state index is 5.59. The van der Waals surface area contributed by atoms with E-state index in [0.29, 0.717) is 0 Å². The van der Waals surface area contributed by atoms with E-state index in [1.54, 1.807) is 0 Å². The van der Waals surface area contributed by atoms with E-state index in [2.05, 4.69) is 25.0 Å². The van der Waals surface area contributed by atoms with Gasteiger partial charge in [-0.1, -0.05) is 25.5 Å². The predicted molar refractivity (Wildman–Crippen MR) is 73.5 cm³/mol. The first-order chi connectivity index (χ1) is 7.78. The molecule has 0 bridgehead atoms. The van der Waals surface area contributed by atoms with Crippen LogP contribution in [0, 0.1) is 5.92 Å². The number of hydrogen-bond acceptors (Lipinski definition) is 2. The van der Waals surface area contributed by atoms with Gasteiger partial charge in [0.15, 0.2) is 0 Å². The number of nitrogens with zero attached hydrogens (tertiary/aromatic N) is 1. The zero-order valence-corrected chi connectivity index (χ0v) is 10.8. The Morgan fingerprint density at radius 2 is 1.81 bits per heavy atom. The van der Waals surface area contributed by atoms with E-state index in [4.69, 9.17) is 5.73 Å². The molecule has 2 N–H and O–H groups in total. The van der Waals surface area contributed by atoms with E-state index in [1.165, 1.54) is 25.7 Å². The monoisotopic (exact) mass is 224 g/mol. The van der Waals surface area contributed by atoms with E-state index in [0.717, 1.165) is 32.1 Å². The van der Waals surface area contributed by atoms with Crippen molar-refractivity contribution in [1.29, 1.82) is 0 Å². The molecule has 0 saturated carbocycles. The van der Waals surface area contributed by atoms with Gasteiger partial charge in [-0.05, 0) is 38.3 Å². The number of rotatable bonds is 11. The first kappa shape index (κ1) is 15.4. The molecule has 2 nitrogen and oxygen atoms in total. The van der Waals surface area contributed by atoms with E-state index < -0.39 is 0 Å². The van der Waals surface area contributed by atoms with Gasteiger partial charge in [-0.2, -0.15) is 0 Å². The lowest BCUT2D eigenvalue weighted by atomic mass is 9.96. The van der Waals surface area contributed by atoms with Gasteiger partial charge in [0.2, 0.25) is 0 Å². The third-order valence-corrected chi connectivity index (χ3v) is 3.01. The minimum absolute atomic E-state index is 0.805. The second-order valence-electron chi connectivity index (χ2n) is 4.33. The molecule has 0 aliphatic heterocycles. The summed E-state index contributed by atoms with van der Waals surface area (Å²) in [7, 11) is 0. The van der Waals surface area contributed by atoms with Gasteiger partial charge in [0.1, 0.15) is 0 Å². The molecule has 0 aromatic carbocycles. The fraction of sp³-hybridized carbons (Fsp3) is 0.714. The molecule has 0 rings (SSSR count). The lowest BCUT2D eigenvalue weighted by Gasteiger charge is -2.20. The summed E-state index contributed by atoms with van der Waals surface area (Å²) in [5.41, 5.74) is 5.59. The molecule has 0 aromatic heterocycles. The van der Waals surface area contributed by atoms with Gasteiger partial charge in [-0.3, -0.25) is 4.90 Å². The lowest BCUT2D eigenvalue weighted by Crippen LogP contribution is -2.25. The second-order valence-corrected chi connectivity index (χ2v) is 4.33. The molecule has 0 amide bonds. The summed E-state index contributed by atoms with van der Waals surface area (Å²) in [6, 6.07) is 0. The smallest absolute Gasteiger partial charge is 0.0163 e. The first-order valence-electron chi connectivity index (χ1n) is 6.42. The highest BCUT2D eigenvalue weighted by Crippen LogP contribution is 2.14. The zero-order valence-electron chi connectivity index (χ0n) is 10.8. The van der Waals surface area contributed by atoms with Crippen molar-refractivity contribution in [2.75, 3.05) is 26.2 Å². The van der Waals surface area contributed by atoms with Crippen molar-refractivity contribution in [3.05, 3.63) is 25.3 Å². The van der Waals surface area contributed by atoms with Gasteiger partial charge in [0.25, 0.3) is 0 Å².